The summed E-state index contributed by atoms with van der Waals surface area (Å²) in [6.07, 6.45) is 0. The maximum Gasteiger partial charge on any atom is 0.326 e. The predicted molar refractivity (Wildman–Crippen MR) is 131 cm³/mol. The van der Waals surface area contributed by atoms with Gasteiger partial charge in [0.25, 0.3) is 5.91 Å². The molecule has 0 fully saturated rings. The Morgan fingerprint density at radius 2 is 1.65 bits per heavy atom. The first kappa shape index (κ1) is 23.5. The van der Waals surface area contributed by atoms with Crippen LogP contribution in [0.25, 0.3) is 11.1 Å². The molecule has 0 saturated heterocycles. The highest BCUT2D eigenvalue weighted by Gasteiger charge is 2.38. The Bertz CT molecular complexity index is 1320. The Morgan fingerprint density at radius 1 is 1.00 bits per heavy atom. The van der Waals surface area contributed by atoms with Gasteiger partial charge in [-0.3, -0.25) is 9.52 Å². The molecule has 1 heterocycles. The molecule has 34 heavy (non-hydrogen) atoms. The van der Waals surface area contributed by atoms with Crippen LogP contribution in [0.5, 0.6) is 0 Å². The van der Waals surface area contributed by atoms with Gasteiger partial charge in [0, 0.05) is 17.8 Å². The number of hydrogen-bond donors (Lipinski definition) is 2. The van der Waals surface area contributed by atoms with E-state index in [0.717, 1.165) is 16.7 Å². The summed E-state index contributed by atoms with van der Waals surface area (Å²) < 4.78 is 27.5. The standard InChI is InChI=1S/C26H26N2O5S/c1-17(2)24(26(30)31)28-15-21-9-8-20(14-23(21)25(28)29)19-10-12-22(13-11-19)27-34(32,33)16-18-6-4-3-5-7-18/h3-14,17,24,27H,15-16H2,1-2H3,(H,30,31). The molecule has 1 amide bonds. The lowest BCUT2D eigenvalue weighted by atomic mass is 10.0. The topological polar surface area (TPSA) is 104 Å². The van der Waals surface area contributed by atoms with Crippen LogP contribution < -0.4 is 4.72 Å². The number of carbonyl (C=O) groups excluding carboxylic acids is 1. The van der Waals surface area contributed by atoms with Crippen LogP contribution >= 0.6 is 0 Å². The van der Waals surface area contributed by atoms with Crippen LogP contribution in [0.1, 0.15) is 35.3 Å². The number of fused-ring (bicyclic) bond motifs is 1. The fraction of sp³-hybridized carbons (Fsp3) is 0.231. The third-order valence-electron chi connectivity index (χ3n) is 5.85. The lowest BCUT2D eigenvalue weighted by Crippen LogP contribution is -2.44. The molecule has 4 rings (SSSR count). The number of hydrogen-bond acceptors (Lipinski definition) is 4. The molecule has 1 aliphatic rings. The van der Waals surface area contributed by atoms with E-state index in [-0.39, 0.29) is 24.1 Å². The zero-order chi connectivity index (χ0) is 24.5. The molecular weight excluding hydrogens is 452 g/mol. The Labute approximate surface area is 199 Å². The molecule has 0 spiro atoms. The first-order valence-electron chi connectivity index (χ1n) is 11.0. The number of aliphatic carboxylic acids is 1. The number of amides is 1. The maximum atomic E-state index is 13.0. The van der Waals surface area contributed by atoms with E-state index in [1.54, 1.807) is 68.4 Å². The Hall–Kier alpha value is -3.65. The second-order valence-corrected chi connectivity index (χ2v) is 10.5. The molecule has 3 aromatic carbocycles. The van der Waals surface area contributed by atoms with Crippen molar-refractivity contribution in [2.45, 2.75) is 32.2 Å². The first-order valence-corrected chi connectivity index (χ1v) is 12.6. The quantitative estimate of drug-likeness (QED) is 0.501. The number of carboxylic acids is 1. The number of carbonyl (C=O) groups is 2. The van der Waals surface area contributed by atoms with Crippen LogP contribution in [0.2, 0.25) is 0 Å². The number of benzene rings is 3. The molecule has 0 radical (unpaired) electrons. The average molecular weight is 479 g/mol. The van der Waals surface area contributed by atoms with Gasteiger partial charge in [-0.05, 0) is 46.4 Å². The third-order valence-corrected chi connectivity index (χ3v) is 7.11. The molecule has 0 saturated carbocycles. The largest absolute Gasteiger partial charge is 0.480 e. The van der Waals surface area contributed by atoms with Gasteiger partial charge in [-0.2, -0.15) is 0 Å². The van der Waals surface area contributed by atoms with Crippen molar-refractivity contribution in [2.24, 2.45) is 5.92 Å². The second kappa shape index (κ2) is 9.30. The van der Waals surface area contributed by atoms with E-state index in [1.807, 2.05) is 18.2 Å². The summed E-state index contributed by atoms with van der Waals surface area (Å²) in [5.41, 5.74) is 4.06. The van der Waals surface area contributed by atoms with Crippen LogP contribution in [-0.2, 0) is 27.1 Å². The Balaban J connectivity index is 1.51. The number of nitrogens with zero attached hydrogens (tertiary/aromatic N) is 1. The van der Waals surface area contributed by atoms with E-state index in [2.05, 4.69) is 4.72 Å². The van der Waals surface area contributed by atoms with Gasteiger partial charge in [-0.25, -0.2) is 13.2 Å². The molecule has 8 heteroatoms. The third kappa shape index (κ3) is 4.97. The average Bonchev–Trinajstić information content (AvgIpc) is 3.09. The lowest BCUT2D eigenvalue weighted by Gasteiger charge is -2.27. The first-order chi connectivity index (χ1) is 16.1. The summed E-state index contributed by atoms with van der Waals surface area (Å²) >= 11 is 0. The summed E-state index contributed by atoms with van der Waals surface area (Å²) in [7, 11) is -3.56. The summed E-state index contributed by atoms with van der Waals surface area (Å²) in [5, 5.41) is 9.58. The van der Waals surface area contributed by atoms with Gasteiger partial charge in [0.2, 0.25) is 10.0 Å². The van der Waals surface area contributed by atoms with Crippen LogP contribution in [0.15, 0.2) is 72.8 Å². The number of rotatable bonds is 8. The minimum atomic E-state index is -3.56. The Kier molecular flexibility index (Phi) is 6.43. The predicted octanol–water partition coefficient (Wildman–Crippen LogP) is 4.36. The SMILES string of the molecule is CC(C)C(C(=O)O)N1Cc2ccc(-c3ccc(NS(=O)(=O)Cc4ccccc4)cc3)cc2C1=O. The molecule has 2 N–H and O–H groups in total. The molecule has 0 bridgehead atoms. The number of sulfonamides is 1. The molecule has 1 atom stereocenters. The molecule has 0 aromatic heterocycles. The number of nitrogens with one attached hydrogen (secondary N) is 1. The van der Waals surface area contributed by atoms with Crippen LogP contribution in [0.3, 0.4) is 0 Å². The molecular formula is C26H26N2O5S. The van der Waals surface area contributed by atoms with E-state index in [1.165, 1.54) is 4.90 Å². The minimum Gasteiger partial charge on any atom is -0.480 e. The fourth-order valence-corrected chi connectivity index (χ4v) is 5.44. The molecule has 176 valence electrons. The van der Waals surface area contributed by atoms with Gasteiger partial charge >= 0.3 is 5.97 Å². The van der Waals surface area contributed by atoms with Crippen molar-refractivity contribution in [2.75, 3.05) is 4.72 Å². The molecule has 1 unspecified atom stereocenters. The monoisotopic (exact) mass is 478 g/mol. The van der Waals surface area contributed by atoms with Crippen molar-refractivity contribution in [1.29, 1.82) is 0 Å². The van der Waals surface area contributed by atoms with Crippen LogP contribution in [0, 0.1) is 5.92 Å². The minimum absolute atomic E-state index is 0.118. The van der Waals surface area contributed by atoms with Crippen molar-refractivity contribution >= 4 is 27.6 Å². The van der Waals surface area contributed by atoms with E-state index in [9.17, 15) is 23.1 Å². The van der Waals surface area contributed by atoms with Gasteiger partial charge < -0.3 is 10.0 Å². The number of carboxylic acid groups (broad SMARTS) is 1. The summed E-state index contributed by atoms with van der Waals surface area (Å²) in [6.45, 7) is 3.85. The van der Waals surface area contributed by atoms with Gasteiger partial charge in [-0.15, -0.1) is 0 Å². The summed E-state index contributed by atoms with van der Waals surface area (Å²) in [4.78, 5) is 26.1. The van der Waals surface area contributed by atoms with Gasteiger partial charge in [-0.1, -0.05) is 68.4 Å². The van der Waals surface area contributed by atoms with Crippen LogP contribution in [-0.4, -0.2) is 36.3 Å². The van der Waals surface area contributed by atoms with Gasteiger partial charge in [0.15, 0.2) is 0 Å². The van der Waals surface area contributed by atoms with Crippen molar-refractivity contribution in [3.63, 3.8) is 0 Å². The number of anilines is 1. The van der Waals surface area contributed by atoms with Gasteiger partial charge in [0.1, 0.15) is 6.04 Å². The van der Waals surface area contributed by atoms with Crippen molar-refractivity contribution in [3.8, 4) is 11.1 Å². The van der Waals surface area contributed by atoms with E-state index in [4.69, 9.17) is 0 Å². The van der Waals surface area contributed by atoms with Crippen molar-refractivity contribution < 1.29 is 23.1 Å². The summed E-state index contributed by atoms with van der Waals surface area (Å²) in [5.74, 6) is -1.63. The normalized spacial score (nSPS) is 14.2. The van der Waals surface area contributed by atoms with Crippen LogP contribution in [0.4, 0.5) is 5.69 Å². The van der Waals surface area contributed by atoms with Crippen molar-refractivity contribution in [3.05, 3.63) is 89.5 Å². The molecule has 3 aromatic rings. The van der Waals surface area contributed by atoms with E-state index >= 15 is 0 Å². The summed E-state index contributed by atoms with van der Waals surface area (Å²) in [6, 6.07) is 20.5. The highest BCUT2D eigenvalue weighted by Crippen LogP contribution is 2.31. The smallest absolute Gasteiger partial charge is 0.326 e. The highest BCUT2D eigenvalue weighted by atomic mass is 32.2. The molecule has 7 nitrogen and oxygen atoms in total. The van der Waals surface area contributed by atoms with E-state index in [0.29, 0.717) is 16.8 Å². The van der Waals surface area contributed by atoms with Crippen molar-refractivity contribution in [1.82, 2.24) is 4.90 Å². The highest BCUT2D eigenvalue weighted by molar-refractivity contribution is 7.91. The molecule has 0 aliphatic carbocycles. The van der Waals surface area contributed by atoms with E-state index < -0.39 is 22.0 Å². The fourth-order valence-electron chi connectivity index (χ4n) is 4.25. The molecule has 1 aliphatic heterocycles. The second-order valence-electron chi connectivity index (χ2n) is 8.76. The van der Waals surface area contributed by atoms with Gasteiger partial charge in [0.05, 0.1) is 5.75 Å². The Morgan fingerprint density at radius 3 is 2.26 bits per heavy atom. The maximum absolute atomic E-state index is 13.0. The zero-order valence-electron chi connectivity index (χ0n) is 18.9. The lowest BCUT2D eigenvalue weighted by molar-refractivity contribution is -0.144. The zero-order valence-corrected chi connectivity index (χ0v) is 19.7.